The molecule has 0 aliphatic rings. The van der Waals surface area contributed by atoms with Gasteiger partial charge in [-0.1, -0.05) is 22.9 Å². The molecule has 98 valence electrons. The minimum absolute atomic E-state index is 0.0513. The number of amides is 1. The molecule has 1 unspecified atom stereocenters. The topological polar surface area (TPSA) is 55.4 Å². The van der Waals surface area contributed by atoms with Crippen molar-refractivity contribution in [1.82, 2.24) is 5.32 Å². The first-order valence-electron chi connectivity index (χ1n) is 5.73. The first kappa shape index (κ1) is 14.7. The molecule has 0 radical (unpaired) electrons. The lowest BCUT2D eigenvalue weighted by Gasteiger charge is -2.12. The Kier molecular flexibility index (Phi) is 5.85. The molecule has 0 aliphatic carbocycles. The largest absolute Gasteiger partial charge is 0.484 e. The van der Waals surface area contributed by atoms with Gasteiger partial charge in [0.15, 0.2) is 12.9 Å². The highest BCUT2D eigenvalue weighted by atomic mass is 79.9. The second-order valence-corrected chi connectivity index (χ2v) is 4.82. The van der Waals surface area contributed by atoms with Crippen molar-refractivity contribution < 1.29 is 14.3 Å². The first-order valence-corrected chi connectivity index (χ1v) is 6.53. The first-order chi connectivity index (χ1) is 8.56. The van der Waals surface area contributed by atoms with Crippen molar-refractivity contribution in [2.45, 2.75) is 26.3 Å². The van der Waals surface area contributed by atoms with Gasteiger partial charge < -0.3 is 10.1 Å². The molecule has 0 saturated heterocycles. The number of carbonyl (C=O) groups excluding carboxylic acids is 2. The summed E-state index contributed by atoms with van der Waals surface area (Å²) in [6, 6.07) is 5.14. The molecular formula is C13H16BrNO3. The third kappa shape index (κ3) is 4.49. The lowest BCUT2D eigenvalue weighted by atomic mass is 10.2. The molecule has 1 atom stereocenters. The minimum atomic E-state index is -0.167. The summed E-state index contributed by atoms with van der Waals surface area (Å²) in [5.74, 6) is 0.333. The third-order valence-electron chi connectivity index (χ3n) is 2.48. The van der Waals surface area contributed by atoms with Crippen molar-refractivity contribution in [1.29, 1.82) is 0 Å². The summed E-state index contributed by atoms with van der Waals surface area (Å²) in [6.07, 6.45) is 1.61. The highest BCUT2D eigenvalue weighted by Crippen LogP contribution is 2.20. The Morgan fingerprint density at radius 2 is 2.28 bits per heavy atom. The Morgan fingerprint density at radius 1 is 1.56 bits per heavy atom. The van der Waals surface area contributed by atoms with Gasteiger partial charge in [-0.2, -0.15) is 0 Å². The van der Waals surface area contributed by atoms with Crippen molar-refractivity contribution >= 4 is 28.1 Å². The summed E-state index contributed by atoms with van der Waals surface area (Å²) in [5, 5.41) is 2.80. The quantitative estimate of drug-likeness (QED) is 0.821. The minimum Gasteiger partial charge on any atom is -0.484 e. The van der Waals surface area contributed by atoms with Crippen LogP contribution < -0.4 is 10.1 Å². The molecule has 0 heterocycles. The zero-order valence-electron chi connectivity index (χ0n) is 10.4. The van der Waals surface area contributed by atoms with Gasteiger partial charge in [0, 0.05) is 16.1 Å². The van der Waals surface area contributed by atoms with Crippen LogP contribution in [0.2, 0.25) is 0 Å². The second kappa shape index (κ2) is 7.16. The van der Waals surface area contributed by atoms with Gasteiger partial charge in [0.05, 0.1) is 0 Å². The molecule has 1 rings (SSSR count). The zero-order valence-corrected chi connectivity index (χ0v) is 12.0. The van der Waals surface area contributed by atoms with Crippen molar-refractivity contribution in [3.8, 4) is 5.75 Å². The molecule has 1 aromatic carbocycles. The van der Waals surface area contributed by atoms with Gasteiger partial charge in [-0.15, -0.1) is 0 Å². The molecule has 1 N–H and O–H groups in total. The van der Waals surface area contributed by atoms with E-state index in [1.54, 1.807) is 18.2 Å². The Morgan fingerprint density at radius 3 is 2.89 bits per heavy atom. The average Bonchev–Trinajstić information content (AvgIpc) is 2.37. The Hall–Kier alpha value is -1.36. The third-order valence-corrected chi connectivity index (χ3v) is 3.21. The number of halogens is 1. The van der Waals surface area contributed by atoms with Crippen LogP contribution in [0, 0.1) is 0 Å². The molecule has 1 aromatic rings. The van der Waals surface area contributed by atoms with E-state index in [1.165, 1.54) is 0 Å². The van der Waals surface area contributed by atoms with Crippen LogP contribution in [0.15, 0.2) is 22.7 Å². The number of hydrogen-bond acceptors (Lipinski definition) is 3. The molecule has 5 heteroatoms. The van der Waals surface area contributed by atoms with Gasteiger partial charge in [0.25, 0.3) is 5.91 Å². The van der Waals surface area contributed by atoms with Crippen molar-refractivity contribution in [2.24, 2.45) is 0 Å². The van der Waals surface area contributed by atoms with Crippen LogP contribution >= 0.6 is 15.9 Å². The van der Waals surface area contributed by atoms with Crippen LogP contribution in [-0.4, -0.2) is 24.8 Å². The van der Waals surface area contributed by atoms with Gasteiger partial charge in [-0.05, 0) is 31.5 Å². The van der Waals surface area contributed by atoms with Crippen LogP contribution in [0.4, 0.5) is 0 Å². The maximum Gasteiger partial charge on any atom is 0.258 e. The van der Waals surface area contributed by atoms with Gasteiger partial charge in [0.1, 0.15) is 5.75 Å². The van der Waals surface area contributed by atoms with Gasteiger partial charge >= 0.3 is 0 Å². The summed E-state index contributed by atoms with van der Waals surface area (Å²) in [5.41, 5.74) is 0.495. The van der Waals surface area contributed by atoms with Crippen LogP contribution in [0.5, 0.6) is 5.75 Å². The van der Waals surface area contributed by atoms with Gasteiger partial charge in [-0.25, -0.2) is 0 Å². The molecular weight excluding hydrogens is 298 g/mol. The number of ether oxygens (including phenoxy) is 1. The number of rotatable bonds is 6. The lowest BCUT2D eigenvalue weighted by Crippen LogP contribution is -2.35. The van der Waals surface area contributed by atoms with Crippen LogP contribution in [0.1, 0.15) is 30.6 Å². The van der Waals surface area contributed by atoms with E-state index in [9.17, 15) is 9.59 Å². The average molecular weight is 314 g/mol. The van der Waals surface area contributed by atoms with Crippen LogP contribution in [0.25, 0.3) is 0 Å². The summed E-state index contributed by atoms with van der Waals surface area (Å²) < 4.78 is 6.02. The maximum atomic E-state index is 11.5. The van der Waals surface area contributed by atoms with E-state index in [4.69, 9.17) is 4.74 Å². The van der Waals surface area contributed by atoms with E-state index >= 15 is 0 Å². The predicted octanol–water partition coefficient (Wildman–Crippen LogP) is 2.56. The highest BCUT2D eigenvalue weighted by molar-refractivity contribution is 9.10. The number of carbonyl (C=O) groups is 2. The van der Waals surface area contributed by atoms with Crippen molar-refractivity contribution in [2.75, 3.05) is 6.61 Å². The van der Waals surface area contributed by atoms with E-state index < -0.39 is 0 Å². The smallest absolute Gasteiger partial charge is 0.258 e. The van der Waals surface area contributed by atoms with Crippen molar-refractivity contribution in [3.05, 3.63) is 28.2 Å². The molecule has 0 bridgehead atoms. The number of nitrogens with one attached hydrogen (secondary N) is 1. The summed E-state index contributed by atoms with van der Waals surface area (Å²) in [4.78, 5) is 22.2. The van der Waals surface area contributed by atoms with E-state index in [1.807, 2.05) is 13.8 Å². The normalized spacial score (nSPS) is 11.7. The van der Waals surface area contributed by atoms with Crippen LogP contribution in [0.3, 0.4) is 0 Å². The standard InChI is InChI=1S/C13H16BrNO3/c1-3-9(2)15-13(17)8-18-11-4-5-12(14)10(6-11)7-16/h4-7,9H,3,8H2,1-2H3,(H,15,17). The monoisotopic (exact) mass is 313 g/mol. The van der Waals surface area contributed by atoms with Gasteiger partial charge in [0.2, 0.25) is 0 Å². The fourth-order valence-electron chi connectivity index (χ4n) is 1.27. The summed E-state index contributed by atoms with van der Waals surface area (Å²) in [7, 11) is 0. The number of aldehydes is 1. The van der Waals surface area contributed by atoms with Crippen LogP contribution in [-0.2, 0) is 4.79 Å². The Labute approximate surface area is 115 Å². The van der Waals surface area contributed by atoms with Gasteiger partial charge in [-0.3, -0.25) is 9.59 Å². The van der Waals surface area contributed by atoms with Crippen molar-refractivity contribution in [3.63, 3.8) is 0 Å². The van der Waals surface area contributed by atoms with E-state index in [-0.39, 0.29) is 18.6 Å². The molecule has 4 nitrogen and oxygen atoms in total. The van der Waals surface area contributed by atoms with E-state index in [0.717, 1.165) is 12.7 Å². The maximum absolute atomic E-state index is 11.5. The summed E-state index contributed by atoms with van der Waals surface area (Å²) >= 11 is 3.25. The number of benzene rings is 1. The molecule has 1 amide bonds. The highest BCUT2D eigenvalue weighted by Gasteiger charge is 2.07. The summed E-state index contributed by atoms with van der Waals surface area (Å²) in [6.45, 7) is 3.88. The van der Waals surface area contributed by atoms with E-state index in [0.29, 0.717) is 15.8 Å². The molecule has 0 aromatic heterocycles. The van der Waals surface area contributed by atoms with E-state index in [2.05, 4.69) is 21.2 Å². The molecule has 18 heavy (non-hydrogen) atoms. The Balaban J connectivity index is 2.53. The lowest BCUT2D eigenvalue weighted by molar-refractivity contribution is -0.123. The second-order valence-electron chi connectivity index (χ2n) is 3.97. The predicted molar refractivity (Wildman–Crippen MR) is 72.9 cm³/mol. The number of hydrogen-bond donors (Lipinski definition) is 1. The molecule has 0 fully saturated rings. The SMILES string of the molecule is CCC(C)NC(=O)COc1ccc(Br)c(C=O)c1. The molecule has 0 aliphatic heterocycles. The fourth-order valence-corrected chi connectivity index (χ4v) is 1.61. The Bertz CT molecular complexity index is 434. The fraction of sp³-hybridized carbons (Fsp3) is 0.385. The zero-order chi connectivity index (χ0) is 13.5. The molecule has 0 saturated carbocycles. The molecule has 0 spiro atoms.